The first-order valence-electron chi connectivity index (χ1n) is 10.5. The average molecular weight is 507 g/mol. The van der Waals surface area contributed by atoms with Crippen LogP contribution in [0, 0.1) is 0 Å². The number of alkyl halides is 3. The molecule has 0 aliphatic carbocycles. The molecule has 0 unspecified atom stereocenters. The molecular formula is C22H22ClF3N8O. The van der Waals surface area contributed by atoms with Crippen molar-refractivity contribution in [2.75, 3.05) is 33.0 Å². The summed E-state index contributed by atoms with van der Waals surface area (Å²) < 4.78 is 44.2. The molecule has 9 nitrogen and oxygen atoms in total. The smallest absolute Gasteiger partial charge is 0.355 e. The van der Waals surface area contributed by atoms with Crippen LogP contribution in [-0.2, 0) is 12.7 Å². The summed E-state index contributed by atoms with van der Waals surface area (Å²) in [6, 6.07) is 4.75. The van der Waals surface area contributed by atoms with Gasteiger partial charge in [0.2, 0.25) is 0 Å². The first-order valence-corrected chi connectivity index (χ1v) is 10.9. The number of amides is 1. The zero-order chi connectivity index (χ0) is 25.3. The Morgan fingerprint density at radius 2 is 2.00 bits per heavy atom. The minimum absolute atomic E-state index is 0.0844. The Kier molecular flexibility index (Phi) is 6.68. The lowest BCUT2D eigenvalue weighted by molar-refractivity contribution is -0.141. The molecule has 0 spiro atoms. The molecule has 4 aromatic rings. The second-order valence-electron chi connectivity index (χ2n) is 7.97. The van der Waals surface area contributed by atoms with Gasteiger partial charge in [-0.15, -0.1) is 0 Å². The third-order valence-corrected chi connectivity index (χ3v) is 5.53. The molecule has 4 rings (SSSR count). The average Bonchev–Trinajstić information content (AvgIpc) is 3.42. The number of hydrogen-bond acceptors (Lipinski definition) is 6. The number of likely N-dealkylation sites (N-methyl/N-ethyl adjacent to an activating group) is 1. The Hall–Kier alpha value is -3.64. The van der Waals surface area contributed by atoms with Gasteiger partial charge in [0.15, 0.2) is 17.2 Å². The zero-order valence-electron chi connectivity index (χ0n) is 19.1. The van der Waals surface area contributed by atoms with Crippen LogP contribution in [-0.4, -0.2) is 62.6 Å². The number of hydrogen-bond donors (Lipinski definition) is 2. The van der Waals surface area contributed by atoms with E-state index in [1.807, 2.05) is 19.0 Å². The molecule has 0 radical (unpaired) electrons. The van der Waals surface area contributed by atoms with Gasteiger partial charge in [-0.2, -0.15) is 18.3 Å². The predicted molar refractivity (Wildman–Crippen MR) is 126 cm³/mol. The molecule has 184 valence electrons. The van der Waals surface area contributed by atoms with E-state index in [2.05, 4.69) is 25.7 Å². The number of carbonyl (C=O) groups excluding carboxylic acids is 1. The zero-order valence-corrected chi connectivity index (χ0v) is 19.8. The van der Waals surface area contributed by atoms with E-state index in [0.29, 0.717) is 35.8 Å². The molecular weight excluding hydrogens is 485 g/mol. The molecule has 0 fully saturated rings. The van der Waals surface area contributed by atoms with Crippen molar-refractivity contribution < 1.29 is 18.0 Å². The van der Waals surface area contributed by atoms with Crippen LogP contribution in [0.3, 0.4) is 0 Å². The van der Waals surface area contributed by atoms with Crippen LogP contribution >= 0.6 is 11.6 Å². The highest BCUT2D eigenvalue weighted by Gasteiger charge is 2.38. The summed E-state index contributed by atoms with van der Waals surface area (Å²) in [5.41, 5.74) is 0.296. The van der Waals surface area contributed by atoms with E-state index in [0.717, 1.165) is 0 Å². The van der Waals surface area contributed by atoms with Gasteiger partial charge in [0.1, 0.15) is 0 Å². The van der Waals surface area contributed by atoms with Crippen LogP contribution in [0.4, 0.5) is 24.7 Å². The van der Waals surface area contributed by atoms with Crippen molar-refractivity contribution in [1.29, 1.82) is 0 Å². The third-order valence-electron chi connectivity index (χ3n) is 5.21. The van der Waals surface area contributed by atoms with Crippen LogP contribution in [0.1, 0.15) is 16.1 Å². The van der Waals surface area contributed by atoms with Crippen LogP contribution in [0.2, 0.25) is 5.02 Å². The molecule has 0 atom stereocenters. The topological polar surface area (TPSA) is 92.4 Å². The molecule has 35 heavy (non-hydrogen) atoms. The highest BCUT2D eigenvalue weighted by molar-refractivity contribution is 6.34. The number of nitrogens with zero attached hydrogens (tertiary/aromatic N) is 6. The van der Waals surface area contributed by atoms with Gasteiger partial charge in [-0.3, -0.25) is 13.9 Å². The molecule has 3 heterocycles. The summed E-state index contributed by atoms with van der Waals surface area (Å²) in [6.45, 7) is 0.832. The highest BCUT2D eigenvalue weighted by atomic mass is 35.5. The van der Waals surface area contributed by atoms with Gasteiger partial charge in [0.25, 0.3) is 5.91 Å². The molecule has 0 bridgehead atoms. The second kappa shape index (κ2) is 9.55. The van der Waals surface area contributed by atoms with Gasteiger partial charge in [0, 0.05) is 37.9 Å². The molecule has 1 amide bonds. The summed E-state index contributed by atoms with van der Waals surface area (Å²) >= 11 is 6.22. The number of halogens is 4. The number of aromatic nitrogens is 5. The van der Waals surface area contributed by atoms with Crippen molar-refractivity contribution in [3.63, 3.8) is 0 Å². The van der Waals surface area contributed by atoms with Crippen molar-refractivity contribution in [2.24, 2.45) is 0 Å². The summed E-state index contributed by atoms with van der Waals surface area (Å²) in [6.07, 6.45) is 1.07. The lowest BCUT2D eigenvalue weighted by atomic mass is 10.2. The third kappa shape index (κ3) is 5.08. The number of nitrogens with one attached hydrogen (secondary N) is 2. The molecule has 0 saturated carbocycles. The maximum absolute atomic E-state index is 13.8. The molecule has 3 aromatic heterocycles. The Labute approximate surface area is 203 Å². The summed E-state index contributed by atoms with van der Waals surface area (Å²) in [5, 5.41) is 9.58. The monoisotopic (exact) mass is 506 g/mol. The van der Waals surface area contributed by atoms with Gasteiger partial charge < -0.3 is 15.5 Å². The summed E-state index contributed by atoms with van der Waals surface area (Å²) in [4.78, 5) is 22.3. The summed E-state index contributed by atoms with van der Waals surface area (Å²) in [7, 11) is 5.17. The second-order valence-corrected chi connectivity index (χ2v) is 8.37. The van der Waals surface area contributed by atoms with Crippen molar-refractivity contribution >= 4 is 34.7 Å². The van der Waals surface area contributed by atoms with Crippen LogP contribution in [0.25, 0.3) is 16.9 Å². The Balaban J connectivity index is 1.72. The van der Waals surface area contributed by atoms with Gasteiger partial charge in [-0.05, 0) is 32.3 Å². The SMILES string of the molecule is CNC(=O)c1ccc(Nc2nccn3c(-c4cn(CCN(C)C)nc4C(F)(F)F)cnc23)cc1Cl. The normalized spacial score (nSPS) is 11.9. The van der Waals surface area contributed by atoms with Crippen LogP contribution in [0.5, 0.6) is 0 Å². The molecule has 13 heteroatoms. The Morgan fingerprint density at radius 1 is 1.23 bits per heavy atom. The molecule has 0 saturated heterocycles. The minimum atomic E-state index is -4.64. The maximum atomic E-state index is 13.8. The van der Waals surface area contributed by atoms with E-state index in [1.54, 1.807) is 18.2 Å². The first kappa shape index (κ1) is 24.5. The summed E-state index contributed by atoms with van der Waals surface area (Å²) in [5.74, 6) is -0.0256. The number of benzene rings is 1. The van der Waals surface area contributed by atoms with Crippen molar-refractivity contribution in [3.8, 4) is 11.3 Å². The number of fused-ring (bicyclic) bond motifs is 1. The van der Waals surface area contributed by atoms with E-state index < -0.39 is 11.9 Å². The van der Waals surface area contributed by atoms with E-state index in [9.17, 15) is 18.0 Å². The molecule has 0 aliphatic heterocycles. The fourth-order valence-electron chi connectivity index (χ4n) is 3.49. The molecule has 1 aromatic carbocycles. The van der Waals surface area contributed by atoms with Gasteiger partial charge >= 0.3 is 6.18 Å². The van der Waals surface area contributed by atoms with E-state index in [4.69, 9.17) is 11.6 Å². The lowest BCUT2D eigenvalue weighted by Gasteiger charge is -2.10. The number of anilines is 2. The van der Waals surface area contributed by atoms with E-state index >= 15 is 0 Å². The fraction of sp³-hybridized carbons (Fsp3) is 0.273. The molecule has 0 aliphatic rings. The first-order chi connectivity index (χ1) is 16.6. The van der Waals surface area contributed by atoms with Crippen LogP contribution < -0.4 is 10.6 Å². The quantitative estimate of drug-likeness (QED) is 0.394. The fourth-order valence-corrected chi connectivity index (χ4v) is 3.76. The Bertz CT molecular complexity index is 1380. The molecule has 2 N–H and O–H groups in total. The van der Waals surface area contributed by atoms with Gasteiger partial charge in [-0.1, -0.05) is 11.6 Å². The Morgan fingerprint density at radius 3 is 2.66 bits per heavy atom. The lowest BCUT2D eigenvalue weighted by Crippen LogP contribution is -2.19. The number of carbonyl (C=O) groups is 1. The maximum Gasteiger partial charge on any atom is 0.435 e. The largest absolute Gasteiger partial charge is 0.435 e. The highest BCUT2D eigenvalue weighted by Crippen LogP contribution is 2.37. The number of rotatable bonds is 7. The van der Waals surface area contributed by atoms with Crippen LogP contribution in [0.15, 0.2) is 43.0 Å². The van der Waals surface area contributed by atoms with Crippen molar-refractivity contribution in [3.05, 3.63) is 59.3 Å². The van der Waals surface area contributed by atoms with Crippen molar-refractivity contribution in [2.45, 2.75) is 12.7 Å². The van der Waals surface area contributed by atoms with E-state index in [1.165, 1.54) is 40.9 Å². The van der Waals surface area contributed by atoms with Crippen molar-refractivity contribution in [1.82, 2.24) is 34.4 Å². The van der Waals surface area contributed by atoms with E-state index in [-0.39, 0.29) is 22.2 Å². The number of imidazole rings is 1. The minimum Gasteiger partial charge on any atom is -0.355 e. The van der Waals surface area contributed by atoms with Gasteiger partial charge in [0.05, 0.1) is 34.6 Å². The predicted octanol–water partition coefficient (Wildman–Crippen LogP) is 3.93. The standard InChI is InChI=1S/C22H22ClF3N8O/c1-27-21(35)14-5-4-13(10-16(14)23)30-19-20-29-11-17(34(20)7-6-28-19)15-12-33(9-8-32(2)3)31-18(15)22(24,25)26/h4-7,10-12H,8-9H2,1-3H3,(H,27,35)(H,28,30). The van der Waals surface area contributed by atoms with Gasteiger partial charge in [-0.25, -0.2) is 9.97 Å².